The Hall–Kier alpha value is -0.973. The minimum Gasteiger partial charge on any atom is -0.361 e. The third-order valence-corrected chi connectivity index (χ3v) is 11.0. The van der Waals surface area contributed by atoms with Crippen LogP contribution in [-0.4, -0.2) is 80.7 Å². The molecule has 2 saturated carbocycles. The van der Waals surface area contributed by atoms with Gasteiger partial charge in [-0.25, -0.2) is 18.1 Å². The first-order chi connectivity index (χ1) is 13.9. The summed E-state index contributed by atoms with van der Waals surface area (Å²) in [7, 11) is -4.56. The Morgan fingerprint density at radius 3 is 2.27 bits per heavy atom. The lowest BCUT2D eigenvalue weighted by molar-refractivity contribution is -0.137. The Labute approximate surface area is 180 Å². The largest absolute Gasteiger partial charge is 0.361 e. The Balaban J connectivity index is 1.45. The zero-order valence-electron chi connectivity index (χ0n) is 18.4. The van der Waals surface area contributed by atoms with Gasteiger partial charge in [-0.2, -0.15) is 0 Å². The molecular weight excluding hydrogens is 422 g/mol. The van der Waals surface area contributed by atoms with E-state index in [4.69, 9.17) is 10.5 Å². The molecule has 0 radical (unpaired) electrons. The first-order valence-electron chi connectivity index (χ1n) is 11.1. The maximum absolute atomic E-state index is 13.2. The molecular formula is C20H35N3O5SSi. The van der Waals surface area contributed by atoms with Gasteiger partial charge < -0.3 is 15.4 Å². The van der Waals surface area contributed by atoms with Crippen molar-refractivity contribution in [2.75, 3.05) is 24.8 Å². The number of ether oxygens (including phenoxy) is 1. The van der Waals surface area contributed by atoms with Crippen molar-refractivity contribution in [3.63, 3.8) is 0 Å². The third kappa shape index (κ3) is 3.84. The van der Waals surface area contributed by atoms with Gasteiger partial charge in [0, 0.05) is 26.8 Å². The second kappa shape index (κ2) is 7.28. The monoisotopic (exact) mass is 457 g/mol. The molecule has 0 atom stereocenters. The van der Waals surface area contributed by atoms with Crippen LogP contribution in [0.15, 0.2) is 0 Å². The topological polar surface area (TPSA) is 110 Å². The molecule has 0 aromatic carbocycles. The first-order valence-corrected chi connectivity index (χ1v) is 16.6. The van der Waals surface area contributed by atoms with Crippen LogP contribution in [-0.2, 0) is 19.4 Å². The summed E-state index contributed by atoms with van der Waals surface area (Å²) >= 11 is 0. The van der Waals surface area contributed by atoms with Gasteiger partial charge >= 0.3 is 6.03 Å². The molecule has 170 valence electrons. The Bertz CT molecular complexity index is 812. The van der Waals surface area contributed by atoms with Crippen LogP contribution in [0.4, 0.5) is 4.79 Å². The van der Waals surface area contributed by atoms with E-state index in [1.165, 1.54) is 0 Å². The molecule has 0 unspecified atom stereocenters. The molecule has 2 aliphatic heterocycles. The summed E-state index contributed by atoms with van der Waals surface area (Å²) < 4.78 is 29.7. The molecule has 30 heavy (non-hydrogen) atoms. The second-order valence-corrected chi connectivity index (χ2v) is 18.9. The summed E-state index contributed by atoms with van der Waals surface area (Å²) in [6, 6.07) is 0.754. The van der Waals surface area contributed by atoms with Crippen LogP contribution < -0.4 is 5.73 Å². The van der Waals surface area contributed by atoms with Crippen LogP contribution >= 0.6 is 0 Å². The second-order valence-electron chi connectivity index (χ2n) is 11.2. The van der Waals surface area contributed by atoms with Gasteiger partial charge in [-0.1, -0.05) is 19.6 Å². The highest BCUT2D eigenvalue weighted by Gasteiger charge is 2.69. The van der Waals surface area contributed by atoms with Crippen molar-refractivity contribution in [2.45, 2.75) is 81.8 Å². The Morgan fingerprint density at radius 2 is 1.73 bits per heavy atom. The van der Waals surface area contributed by atoms with E-state index >= 15 is 0 Å². The molecule has 2 aliphatic carbocycles. The highest BCUT2D eigenvalue weighted by atomic mass is 32.2. The maximum Gasteiger partial charge on any atom is 0.329 e. The number of imide groups is 1. The number of nitrogens with two attached hydrogens (primary N) is 1. The van der Waals surface area contributed by atoms with Gasteiger partial charge in [0.2, 0.25) is 0 Å². The molecule has 3 amide bonds. The molecule has 4 aliphatic rings. The molecule has 2 spiro atoms. The maximum atomic E-state index is 13.2. The van der Waals surface area contributed by atoms with Crippen LogP contribution in [0.5, 0.6) is 0 Å². The number of carbonyl (C=O) groups is 2. The van der Waals surface area contributed by atoms with Crippen molar-refractivity contribution >= 4 is 29.8 Å². The first kappa shape index (κ1) is 22.2. The lowest BCUT2D eigenvalue weighted by Crippen LogP contribution is -2.71. The number of nitrogens with zero attached hydrogens (tertiary/aromatic N) is 2. The van der Waals surface area contributed by atoms with Crippen molar-refractivity contribution in [1.82, 2.24) is 9.80 Å². The number of sulfone groups is 1. The predicted molar refractivity (Wildman–Crippen MR) is 116 cm³/mol. The lowest BCUT2D eigenvalue weighted by Gasteiger charge is -2.57. The molecule has 0 aromatic rings. The highest BCUT2D eigenvalue weighted by Crippen LogP contribution is 2.56. The fourth-order valence-corrected chi connectivity index (χ4v) is 8.29. The Kier molecular flexibility index (Phi) is 5.39. The van der Waals surface area contributed by atoms with Gasteiger partial charge in [0.1, 0.15) is 6.73 Å². The van der Waals surface area contributed by atoms with Gasteiger partial charge in [-0.3, -0.25) is 4.79 Å². The van der Waals surface area contributed by atoms with E-state index in [2.05, 4.69) is 19.6 Å². The normalized spacial score (nSPS) is 35.1. The van der Waals surface area contributed by atoms with Crippen LogP contribution in [0.2, 0.25) is 25.7 Å². The van der Waals surface area contributed by atoms with E-state index in [9.17, 15) is 18.0 Å². The van der Waals surface area contributed by atoms with E-state index in [0.717, 1.165) is 49.5 Å². The zero-order valence-corrected chi connectivity index (χ0v) is 20.2. The van der Waals surface area contributed by atoms with Crippen molar-refractivity contribution < 1.29 is 22.7 Å². The number of urea groups is 1. The fraction of sp³-hybridized carbons (Fsp3) is 0.900. The molecule has 0 aromatic heterocycles. The Morgan fingerprint density at radius 1 is 1.13 bits per heavy atom. The summed E-state index contributed by atoms with van der Waals surface area (Å²) in [5.74, 6) is -0.920. The number of carbonyl (C=O) groups excluding carboxylic acids is 2. The van der Waals surface area contributed by atoms with Crippen LogP contribution in [0.1, 0.15) is 38.5 Å². The molecule has 0 bridgehead atoms. The smallest absolute Gasteiger partial charge is 0.329 e. The average Bonchev–Trinajstić information content (AvgIpc) is 2.77. The van der Waals surface area contributed by atoms with Gasteiger partial charge in [0.25, 0.3) is 5.91 Å². The van der Waals surface area contributed by atoms with Crippen LogP contribution in [0, 0.1) is 5.41 Å². The van der Waals surface area contributed by atoms with Gasteiger partial charge in [-0.15, -0.1) is 0 Å². The zero-order chi connectivity index (χ0) is 21.9. The van der Waals surface area contributed by atoms with E-state index in [-0.39, 0.29) is 41.8 Å². The van der Waals surface area contributed by atoms with E-state index < -0.39 is 29.4 Å². The summed E-state index contributed by atoms with van der Waals surface area (Å²) in [5, 5.41) is 0. The molecule has 4 fully saturated rings. The molecule has 2 N–H and O–H groups in total. The van der Waals surface area contributed by atoms with Crippen LogP contribution in [0.25, 0.3) is 0 Å². The van der Waals surface area contributed by atoms with Gasteiger partial charge in [0.05, 0.1) is 11.5 Å². The number of rotatable bonds is 6. The number of hydrogen-bond donors (Lipinski definition) is 1. The van der Waals surface area contributed by atoms with E-state index in [1.807, 2.05) is 0 Å². The van der Waals surface area contributed by atoms with Crippen molar-refractivity contribution in [3.05, 3.63) is 0 Å². The minimum absolute atomic E-state index is 0.0711. The molecule has 2 saturated heterocycles. The predicted octanol–water partition coefficient (Wildman–Crippen LogP) is 1.78. The summed E-state index contributed by atoms with van der Waals surface area (Å²) in [6.07, 6.45) is 5.77. The standard InChI is InChI=1S/C20H35N3O5SSi/c1-30(2,3)9-8-28-14-22-17(24)20(12-29(26,27)13-20)23(18(22)25)16-10-19(11-16)6-4-15(21)5-7-19/h15-16H,4-14,21H2,1-3H3. The highest BCUT2D eigenvalue weighted by molar-refractivity contribution is 7.93. The van der Waals surface area contributed by atoms with Crippen molar-refractivity contribution in [1.29, 1.82) is 0 Å². The number of amides is 3. The minimum atomic E-state index is -3.28. The van der Waals surface area contributed by atoms with Gasteiger partial charge in [-0.05, 0) is 50.0 Å². The fourth-order valence-electron chi connectivity index (χ4n) is 5.64. The van der Waals surface area contributed by atoms with Gasteiger partial charge in [0.15, 0.2) is 15.4 Å². The quantitative estimate of drug-likeness (QED) is 0.370. The number of hydrogen-bond acceptors (Lipinski definition) is 6. The summed E-state index contributed by atoms with van der Waals surface area (Å²) in [5.41, 5.74) is 5.03. The third-order valence-electron chi connectivity index (χ3n) is 7.47. The molecule has 4 rings (SSSR count). The molecule has 8 nitrogen and oxygen atoms in total. The summed E-state index contributed by atoms with van der Waals surface area (Å²) in [6.45, 7) is 7.13. The SMILES string of the molecule is C[Si](C)(C)CCOCN1C(=O)N(C2CC3(CCC(N)CC3)C2)C2(CS(=O)(=O)C2)C1=O. The van der Waals surface area contributed by atoms with E-state index in [0.29, 0.717) is 6.61 Å². The van der Waals surface area contributed by atoms with Crippen molar-refractivity contribution in [3.8, 4) is 0 Å². The molecule has 2 heterocycles. The van der Waals surface area contributed by atoms with E-state index in [1.54, 1.807) is 4.90 Å². The summed E-state index contributed by atoms with van der Waals surface area (Å²) in [4.78, 5) is 29.2. The lowest BCUT2D eigenvalue weighted by atomic mass is 9.57. The molecule has 10 heteroatoms. The average molecular weight is 458 g/mol. The van der Waals surface area contributed by atoms with Crippen molar-refractivity contribution in [2.24, 2.45) is 11.1 Å². The van der Waals surface area contributed by atoms with Crippen LogP contribution in [0.3, 0.4) is 0 Å².